The second-order valence-electron chi connectivity index (χ2n) is 5.45. The van der Waals surface area contributed by atoms with E-state index in [1.165, 1.54) is 0 Å². The van der Waals surface area contributed by atoms with E-state index in [1.807, 2.05) is 0 Å². The minimum atomic E-state index is -0.524. The van der Waals surface area contributed by atoms with E-state index in [0.29, 0.717) is 18.9 Å². The van der Waals surface area contributed by atoms with Crippen LogP contribution in [0.2, 0.25) is 0 Å². The van der Waals surface area contributed by atoms with Gasteiger partial charge in [-0.3, -0.25) is 4.79 Å². The number of rotatable bonds is 7. The standard InChI is InChI=1S/C15H22F2N2O/c1-10(2)5-11(8-18)6-15(20)19-9-12-7-13(16)3-4-14(12)17/h3-4,7,10-11H,5-6,8-9,18H2,1-2H3,(H,19,20)/t11-/m0/s1. The monoisotopic (exact) mass is 284 g/mol. The molecule has 0 saturated heterocycles. The number of carbonyl (C=O) groups excluding carboxylic acids is 1. The van der Waals surface area contributed by atoms with Crippen molar-refractivity contribution in [3.05, 3.63) is 35.4 Å². The molecule has 0 aliphatic heterocycles. The zero-order chi connectivity index (χ0) is 15.1. The maximum Gasteiger partial charge on any atom is 0.220 e. The van der Waals surface area contributed by atoms with E-state index in [-0.39, 0.29) is 23.9 Å². The first-order valence-corrected chi connectivity index (χ1v) is 6.83. The highest BCUT2D eigenvalue weighted by molar-refractivity contribution is 5.76. The Labute approximate surface area is 118 Å². The van der Waals surface area contributed by atoms with Crippen LogP contribution in [0.25, 0.3) is 0 Å². The van der Waals surface area contributed by atoms with Gasteiger partial charge in [-0.05, 0) is 43.0 Å². The molecule has 20 heavy (non-hydrogen) atoms. The molecule has 0 aliphatic rings. The summed E-state index contributed by atoms with van der Waals surface area (Å²) in [6, 6.07) is 3.19. The summed E-state index contributed by atoms with van der Waals surface area (Å²) in [7, 11) is 0. The van der Waals surface area contributed by atoms with Gasteiger partial charge in [-0.2, -0.15) is 0 Å². The van der Waals surface area contributed by atoms with Crippen LogP contribution in [0.3, 0.4) is 0 Å². The van der Waals surface area contributed by atoms with Crippen LogP contribution in [-0.2, 0) is 11.3 Å². The molecule has 0 heterocycles. The van der Waals surface area contributed by atoms with Gasteiger partial charge in [0.15, 0.2) is 0 Å². The normalized spacial score (nSPS) is 12.5. The molecule has 0 unspecified atom stereocenters. The highest BCUT2D eigenvalue weighted by Gasteiger charge is 2.14. The number of nitrogens with two attached hydrogens (primary N) is 1. The molecule has 1 aromatic rings. The molecule has 0 bridgehead atoms. The molecular formula is C15H22F2N2O. The van der Waals surface area contributed by atoms with E-state index < -0.39 is 11.6 Å². The molecule has 1 atom stereocenters. The molecular weight excluding hydrogens is 262 g/mol. The molecule has 1 amide bonds. The molecule has 3 N–H and O–H groups in total. The van der Waals surface area contributed by atoms with Crippen molar-refractivity contribution in [2.45, 2.75) is 33.2 Å². The van der Waals surface area contributed by atoms with Crippen LogP contribution < -0.4 is 11.1 Å². The summed E-state index contributed by atoms with van der Waals surface area (Å²) in [4.78, 5) is 11.8. The number of nitrogens with one attached hydrogen (secondary N) is 1. The van der Waals surface area contributed by atoms with Gasteiger partial charge < -0.3 is 11.1 Å². The van der Waals surface area contributed by atoms with E-state index in [0.717, 1.165) is 24.6 Å². The summed E-state index contributed by atoms with van der Waals surface area (Å²) < 4.78 is 26.4. The van der Waals surface area contributed by atoms with Crippen molar-refractivity contribution in [2.75, 3.05) is 6.54 Å². The van der Waals surface area contributed by atoms with Crippen molar-refractivity contribution in [3.8, 4) is 0 Å². The fourth-order valence-corrected chi connectivity index (χ4v) is 2.14. The Morgan fingerprint density at radius 3 is 2.65 bits per heavy atom. The van der Waals surface area contributed by atoms with Crippen molar-refractivity contribution in [1.29, 1.82) is 0 Å². The van der Waals surface area contributed by atoms with Crippen molar-refractivity contribution >= 4 is 5.91 Å². The lowest BCUT2D eigenvalue weighted by molar-refractivity contribution is -0.122. The molecule has 0 saturated carbocycles. The summed E-state index contributed by atoms with van der Waals surface area (Å²) in [5.41, 5.74) is 5.78. The summed E-state index contributed by atoms with van der Waals surface area (Å²) in [5, 5.41) is 2.60. The number of benzene rings is 1. The highest BCUT2D eigenvalue weighted by Crippen LogP contribution is 2.14. The maximum absolute atomic E-state index is 13.4. The molecule has 0 aliphatic carbocycles. The van der Waals surface area contributed by atoms with Gasteiger partial charge in [0.1, 0.15) is 11.6 Å². The van der Waals surface area contributed by atoms with Gasteiger partial charge in [0, 0.05) is 18.5 Å². The summed E-state index contributed by atoms with van der Waals surface area (Å²) in [5.74, 6) is -0.645. The van der Waals surface area contributed by atoms with E-state index >= 15 is 0 Å². The molecule has 5 heteroatoms. The van der Waals surface area contributed by atoms with E-state index in [1.54, 1.807) is 0 Å². The average molecular weight is 284 g/mol. The Morgan fingerprint density at radius 1 is 1.35 bits per heavy atom. The average Bonchev–Trinajstić information content (AvgIpc) is 2.38. The molecule has 3 nitrogen and oxygen atoms in total. The molecule has 1 rings (SSSR count). The lowest BCUT2D eigenvalue weighted by atomic mass is 9.94. The minimum absolute atomic E-state index is 0.0125. The number of carbonyl (C=O) groups is 1. The van der Waals surface area contributed by atoms with Gasteiger partial charge in [-0.25, -0.2) is 8.78 Å². The molecule has 1 aromatic carbocycles. The van der Waals surface area contributed by atoms with Gasteiger partial charge in [-0.15, -0.1) is 0 Å². The Balaban J connectivity index is 2.48. The lowest BCUT2D eigenvalue weighted by Crippen LogP contribution is -2.28. The zero-order valence-corrected chi connectivity index (χ0v) is 12.0. The summed E-state index contributed by atoms with van der Waals surface area (Å²) in [6.07, 6.45) is 1.18. The zero-order valence-electron chi connectivity index (χ0n) is 12.0. The summed E-state index contributed by atoms with van der Waals surface area (Å²) >= 11 is 0. The predicted octanol–water partition coefficient (Wildman–Crippen LogP) is 2.59. The summed E-state index contributed by atoms with van der Waals surface area (Å²) in [6.45, 7) is 4.58. The van der Waals surface area contributed by atoms with Gasteiger partial charge in [0.25, 0.3) is 0 Å². The Morgan fingerprint density at radius 2 is 2.05 bits per heavy atom. The second-order valence-corrected chi connectivity index (χ2v) is 5.45. The third-order valence-corrected chi connectivity index (χ3v) is 3.10. The highest BCUT2D eigenvalue weighted by atomic mass is 19.1. The van der Waals surface area contributed by atoms with E-state index in [9.17, 15) is 13.6 Å². The fraction of sp³-hybridized carbons (Fsp3) is 0.533. The molecule has 0 aromatic heterocycles. The van der Waals surface area contributed by atoms with Crippen molar-refractivity contribution in [3.63, 3.8) is 0 Å². The third-order valence-electron chi connectivity index (χ3n) is 3.10. The molecule has 0 spiro atoms. The van der Waals surface area contributed by atoms with Crippen LogP contribution >= 0.6 is 0 Å². The first-order chi connectivity index (χ1) is 9.42. The largest absolute Gasteiger partial charge is 0.352 e. The Kier molecular flexibility index (Phi) is 6.58. The van der Waals surface area contributed by atoms with Crippen molar-refractivity contribution in [1.82, 2.24) is 5.32 Å². The SMILES string of the molecule is CC(C)C[C@H](CN)CC(=O)NCc1cc(F)ccc1F. The van der Waals surface area contributed by atoms with Crippen LogP contribution in [0.1, 0.15) is 32.3 Å². The van der Waals surface area contributed by atoms with Crippen molar-refractivity contribution in [2.24, 2.45) is 17.6 Å². The van der Waals surface area contributed by atoms with Gasteiger partial charge >= 0.3 is 0 Å². The van der Waals surface area contributed by atoms with E-state index in [2.05, 4.69) is 19.2 Å². The smallest absolute Gasteiger partial charge is 0.220 e. The van der Waals surface area contributed by atoms with Crippen LogP contribution in [0.4, 0.5) is 8.78 Å². The number of hydrogen-bond acceptors (Lipinski definition) is 2. The molecule has 0 radical (unpaired) electrons. The maximum atomic E-state index is 13.4. The quantitative estimate of drug-likeness (QED) is 0.808. The van der Waals surface area contributed by atoms with Gasteiger partial charge in [0.2, 0.25) is 5.91 Å². The number of hydrogen-bond donors (Lipinski definition) is 2. The Hall–Kier alpha value is -1.49. The first-order valence-electron chi connectivity index (χ1n) is 6.83. The Bertz CT molecular complexity index is 449. The molecule has 0 fully saturated rings. The van der Waals surface area contributed by atoms with Crippen molar-refractivity contribution < 1.29 is 13.6 Å². The minimum Gasteiger partial charge on any atom is -0.352 e. The van der Waals surface area contributed by atoms with Gasteiger partial charge in [-0.1, -0.05) is 13.8 Å². The third kappa shape index (κ3) is 5.65. The molecule has 112 valence electrons. The first kappa shape index (κ1) is 16.6. The fourth-order valence-electron chi connectivity index (χ4n) is 2.14. The number of amides is 1. The second kappa shape index (κ2) is 7.94. The lowest BCUT2D eigenvalue weighted by Gasteiger charge is -2.16. The van der Waals surface area contributed by atoms with Crippen LogP contribution in [0, 0.1) is 23.5 Å². The van der Waals surface area contributed by atoms with E-state index in [4.69, 9.17) is 5.73 Å². The predicted molar refractivity (Wildman–Crippen MR) is 74.8 cm³/mol. The van der Waals surface area contributed by atoms with Crippen LogP contribution in [0.5, 0.6) is 0 Å². The van der Waals surface area contributed by atoms with Crippen LogP contribution in [0.15, 0.2) is 18.2 Å². The van der Waals surface area contributed by atoms with Crippen LogP contribution in [-0.4, -0.2) is 12.5 Å². The van der Waals surface area contributed by atoms with Gasteiger partial charge in [0.05, 0.1) is 0 Å². The number of halogens is 2. The topological polar surface area (TPSA) is 55.1 Å².